The van der Waals surface area contributed by atoms with Gasteiger partial charge < -0.3 is 4.43 Å². The molecule has 0 spiro atoms. The van der Waals surface area contributed by atoms with E-state index in [1.54, 1.807) is 6.26 Å². The van der Waals surface area contributed by atoms with Gasteiger partial charge in [0.1, 0.15) is 0 Å². The van der Waals surface area contributed by atoms with E-state index >= 15 is 0 Å². The molecule has 0 saturated carbocycles. The Bertz CT molecular complexity index is 146. The van der Waals surface area contributed by atoms with Crippen LogP contribution in [0.2, 0.25) is 0 Å². The molecule has 1 heterocycles. The summed E-state index contributed by atoms with van der Waals surface area (Å²) in [7, 11) is -1.05. The second-order valence-corrected chi connectivity index (χ2v) is 3.81. The quantitative estimate of drug-likeness (QED) is 0.414. The van der Waals surface area contributed by atoms with Crippen molar-refractivity contribution in [3.8, 4) is 0 Å². The van der Waals surface area contributed by atoms with E-state index in [1.165, 1.54) is 0 Å². The lowest BCUT2D eigenvalue weighted by Crippen LogP contribution is -2.05. The maximum atomic E-state index is 5.34. The number of hydrogen-bond donors (Lipinski definition) is 0. The van der Waals surface area contributed by atoms with Gasteiger partial charge in [0, 0.05) is 0 Å². The van der Waals surface area contributed by atoms with Crippen molar-refractivity contribution < 1.29 is 4.43 Å². The third kappa shape index (κ3) is 1.89. The minimum absolute atomic E-state index is 1.05. The number of hydrogen-bond acceptors (Lipinski definition) is 1. The van der Waals surface area contributed by atoms with Crippen LogP contribution in [0.3, 0.4) is 0 Å². The topological polar surface area (TPSA) is 9.23 Å². The average molecular weight is 138 g/mol. The SMILES string of the molecule is C/C=C\O[SiH]1C=CC=C1. The molecular formula is C7H10OSi. The first kappa shape index (κ1) is 6.36. The van der Waals surface area contributed by atoms with Gasteiger partial charge in [-0.3, -0.25) is 0 Å². The van der Waals surface area contributed by atoms with E-state index in [2.05, 4.69) is 11.4 Å². The summed E-state index contributed by atoms with van der Waals surface area (Å²) in [4.78, 5) is 0. The van der Waals surface area contributed by atoms with Crippen LogP contribution in [-0.4, -0.2) is 9.04 Å². The standard InChI is InChI=1S/C7H10OSi/c1-2-5-8-9-6-3-4-7-9/h2-7,9H,1H3/b5-2-. The second-order valence-electron chi connectivity index (χ2n) is 1.84. The maximum Gasteiger partial charge on any atom is 0.284 e. The predicted octanol–water partition coefficient (Wildman–Crippen LogP) is 1.46. The summed E-state index contributed by atoms with van der Waals surface area (Å²) < 4.78 is 5.34. The maximum absolute atomic E-state index is 5.34. The summed E-state index contributed by atoms with van der Waals surface area (Å²) >= 11 is 0. The van der Waals surface area contributed by atoms with E-state index in [-0.39, 0.29) is 0 Å². The van der Waals surface area contributed by atoms with Crippen LogP contribution in [0.5, 0.6) is 0 Å². The van der Waals surface area contributed by atoms with Gasteiger partial charge in [0.05, 0.1) is 6.26 Å². The Kier molecular flexibility index (Phi) is 2.33. The molecule has 0 fully saturated rings. The molecule has 0 aromatic rings. The fraction of sp³-hybridized carbons (Fsp3) is 0.143. The minimum Gasteiger partial charge on any atom is -0.545 e. The van der Waals surface area contributed by atoms with Crippen LogP contribution in [0.25, 0.3) is 0 Å². The zero-order valence-electron chi connectivity index (χ0n) is 5.45. The molecule has 0 unspecified atom stereocenters. The molecule has 48 valence electrons. The monoisotopic (exact) mass is 138 g/mol. The van der Waals surface area contributed by atoms with Crippen LogP contribution in [0.4, 0.5) is 0 Å². The molecule has 0 aliphatic carbocycles. The molecule has 0 aromatic heterocycles. The highest BCUT2D eigenvalue weighted by Gasteiger charge is 2.03. The van der Waals surface area contributed by atoms with Crippen molar-refractivity contribution in [1.29, 1.82) is 0 Å². The van der Waals surface area contributed by atoms with Crippen molar-refractivity contribution in [2.45, 2.75) is 6.92 Å². The molecule has 1 rings (SSSR count). The molecule has 2 heteroatoms. The van der Waals surface area contributed by atoms with Crippen LogP contribution in [0.15, 0.2) is 35.9 Å². The van der Waals surface area contributed by atoms with E-state index in [9.17, 15) is 0 Å². The zero-order valence-corrected chi connectivity index (χ0v) is 6.60. The minimum atomic E-state index is -1.05. The Morgan fingerprint density at radius 2 is 2.00 bits per heavy atom. The normalized spacial score (nSPS) is 17.9. The van der Waals surface area contributed by atoms with Crippen LogP contribution >= 0.6 is 0 Å². The molecule has 0 N–H and O–H groups in total. The second kappa shape index (κ2) is 3.30. The molecule has 0 saturated heterocycles. The Balaban J connectivity index is 2.29. The van der Waals surface area contributed by atoms with Gasteiger partial charge in [0.2, 0.25) is 0 Å². The first-order valence-corrected chi connectivity index (χ1v) is 4.85. The van der Waals surface area contributed by atoms with Gasteiger partial charge in [-0.05, 0) is 6.92 Å². The zero-order chi connectivity index (χ0) is 6.53. The van der Waals surface area contributed by atoms with Crippen LogP contribution < -0.4 is 0 Å². The lowest BCUT2D eigenvalue weighted by atomic mass is 10.6. The smallest absolute Gasteiger partial charge is 0.284 e. The highest BCUT2D eigenvalue weighted by atomic mass is 28.3. The lowest BCUT2D eigenvalue weighted by molar-refractivity contribution is 0.509. The highest BCUT2D eigenvalue weighted by Crippen LogP contribution is 1.99. The summed E-state index contributed by atoms with van der Waals surface area (Å²) in [6, 6.07) is 0. The molecular weight excluding hydrogens is 128 g/mol. The first-order chi connectivity index (χ1) is 4.43. The predicted molar refractivity (Wildman–Crippen MR) is 41.3 cm³/mol. The Labute approximate surface area is 57.1 Å². The van der Waals surface area contributed by atoms with Gasteiger partial charge in [-0.1, -0.05) is 29.6 Å². The summed E-state index contributed by atoms with van der Waals surface area (Å²) in [5.74, 6) is 0. The molecule has 9 heavy (non-hydrogen) atoms. The summed E-state index contributed by atoms with van der Waals surface area (Å²) in [6.07, 6.45) is 7.75. The van der Waals surface area contributed by atoms with Crippen molar-refractivity contribution >= 4 is 9.04 Å². The molecule has 0 atom stereocenters. The molecule has 0 amide bonds. The number of allylic oxidation sites excluding steroid dienone is 3. The van der Waals surface area contributed by atoms with Crippen molar-refractivity contribution in [1.82, 2.24) is 0 Å². The van der Waals surface area contributed by atoms with Crippen molar-refractivity contribution in [3.05, 3.63) is 35.9 Å². The van der Waals surface area contributed by atoms with Crippen molar-refractivity contribution in [2.75, 3.05) is 0 Å². The fourth-order valence-electron chi connectivity index (χ4n) is 0.671. The van der Waals surface area contributed by atoms with E-state index in [1.807, 2.05) is 25.2 Å². The van der Waals surface area contributed by atoms with Crippen LogP contribution in [-0.2, 0) is 4.43 Å². The van der Waals surface area contributed by atoms with E-state index in [0.29, 0.717) is 0 Å². The van der Waals surface area contributed by atoms with E-state index in [4.69, 9.17) is 4.43 Å². The fourth-order valence-corrected chi connectivity index (χ4v) is 2.01. The molecule has 0 bridgehead atoms. The summed E-state index contributed by atoms with van der Waals surface area (Å²) in [5, 5.41) is 0. The molecule has 1 aliphatic rings. The van der Waals surface area contributed by atoms with Crippen molar-refractivity contribution in [2.24, 2.45) is 0 Å². The molecule has 1 nitrogen and oxygen atoms in total. The third-order valence-electron chi connectivity index (χ3n) is 1.08. The highest BCUT2D eigenvalue weighted by molar-refractivity contribution is 6.64. The lowest BCUT2D eigenvalue weighted by Gasteiger charge is -2.00. The van der Waals surface area contributed by atoms with E-state index < -0.39 is 9.04 Å². The van der Waals surface area contributed by atoms with Gasteiger partial charge in [0.15, 0.2) is 0 Å². The van der Waals surface area contributed by atoms with Crippen LogP contribution in [0, 0.1) is 0 Å². The molecule has 0 aromatic carbocycles. The van der Waals surface area contributed by atoms with Gasteiger partial charge in [-0.15, -0.1) is 0 Å². The average Bonchev–Trinajstić information content (AvgIpc) is 2.34. The number of rotatable bonds is 2. The Hall–Kier alpha value is -0.763. The first-order valence-electron chi connectivity index (χ1n) is 3.05. The largest absolute Gasteiger partial charge is 0.545 e. The van der Waals surface area contributed by atoms with Gasteiger partial charge >= 0.3 is 0 Å². The summed E-state index contributed by atoms with van der Waals surface area (Å²) in [6.45, 7) is 1.96. The van der Waals surface area contributed by atoms with Crippen LogP contribution in [0.1, 0.15) is 6.92 Å². The van der Waals surface area contributed by atoms with E-state index in [0.717, 1.165) is 0 Å². The van der Waals surface area contributed by atoms with Gasteiger partial charge in [-0.2, -0.15) is 0 Å². The Morgan fingerprint density at radius 3 is 2.56 bits per heavy atom. The summed E-state index contributed by atoms with van der Waals surface area (Å²) in [5.41, 5.74) is 4.28. The van der Waals surface area contributed by atoms with Gasteiger partial charge in [0.25, 0.3) is 9.04 Å². The van der Waals surface area contributed by atoms with Gasteiger partial charge in [-0.25, -0.2) is 0 Å². The van der Waals surface area contributed by atoms with Crippen molar-refractivity contribution in [3.63, 3.8) is 0 Å². The molecule has 0 radical (unpaired) electrons. The Morgan fingerprint density at radius 1 is 1.33 bits per heavy atom. The third-order valence-corrected chi connectivity index (χ3v) is 2.76. The molecule has 1 aliphatic heterocycles.